The molecule has 0 spiro atoms. The number of rotatable bonds is 4. The molecule has 0 aliphatic heterocycles. The monoisotopic (exact) mass is 295 g/mol. The second-order valence-corrected chi connectivity index (χ2v) is 6.05. The Bertz CT molecular complexity index is 718. The molecule has 0 bridgehead atoms. The zero-order valence-electron chi connectivity index (χ0n) is 10.8. The van der Waals surface area contributed by atoms with Gasteiger partial charge in [-0.1, -0.05) is 0 Å². The second kappa shape index (κ2) is 5.56. The van der Waals surface area contributed by atoms with Gasteiger partial charge in [0.15, 0.2) is 0 Å². The van der Waals surface area contributed by atoms with Gasteiger partial charge in [-0.05, 0) is 42.3 Å². The van der Waals surface area contributed by atoms with Crippen LogP contribution >= 0.6 is 0 Å². The molecule has 0 amide bonds. The summed E-state index contributed by atoms with van der Waals surface area (Å²) >= 11 is 0. The molecule has 0 aliphatic carbocycles. The highest BCUT2D eigenvalue weighted by Crippen LogP contribution is 2.21. The number of hydrogen-bond donors (Lipinski definition) is 2. The maximum absolute atomic E-state index is 13.3. The Kier molecular flexibility index (Phi) is 4.01. The van der Waals surface area contributed by atoms with Crippen molar-refractivity contribution in [3.05, 3.63) is 53.6 Å². The van der Waals surface area contributed by atoms with Gasteiger partial charge in [0.25, 0.3) is 0 Å². The van der Waals surface area contributed by atoms with E-state index in [0.717, 1.165) is 17.7 Å². The quantitative estimate of drug-likeness (QED) is 0.839. The van der Waals surface area contributed by atoms with Crippen molar-refractivity contribution in [2.75, 3.05) is 5.73 Å². The minimum absolute atomic E-state index is 0.0227. The lowest BCUT2D eigenvalue weighted by Gasteiger charge is -2.10. The molecule has 0 aliphatic rings. The summed E-state index contributed by atoms with van der Waals surface area (Å²) < 4.78 is 40.1. The van der Waals surface area contributed by atoms with Crippen LogP contribution in [-0.2, 0) is 16.6 Å². The van der Waals surface area contributed by atoms with Crippen LogP contribution in [0, 0.1) is 12.7 Å². The van der Waals surface area contributed by atoms with Gasteiger partial charge in [-0.15, -0.1) is 0 Å². The summed E-state index contributed by atoms with van der Waals surface area (Å²) in [5, 5.41) is 0. The maximum Gasteiger partial charge on any atom is 0.241 e. The van der Waals surface area contributed by atoms with Gasteiger partial charge in [0.2, 0.25) is 10.0 Å². The fraction of sp³-hybridized carbons (Fsp3) is 0.154. The number of nitrogens with one attached hydrogen (secondary N) is 1. The molecule has 2 rings (SSSR count). The number of halogens is 1. The molecule has 7 heteroatoms. The standard InChI is InChI=1S/C13H14FN3O2S/c1-9-6-11(14)12(15)7-13(9)20(18,19)17-8-10-2-4-16-5-3-10/h2-7,17H,8,15H2,1H3. The zero-order chi connectivity index (χ0) is 14.8. The van der Waals surface area contributed by atoms with Crippen molar-refractivity contribution < 1.29 is 12.8 Å². The van der Waals surface area contributed by atoms with Crippen molar-refractivity contribution in [1.82, 2.24) is 9.71 Å². The number of benzene rings is 1. The molecule has 0 radical (unpaired) electrons. The van der Waals surface area contributed by atoms with Crippen LogP contribution in [0.4, 0.5) is 10.1 Å². The lowest BCUT2D eigenvalue weighted by atomic mass is 10.2. The van der Waals surface area contributed by atoms with Crippen LogP contribution < -0.4 is 10.5 Å². The summed E-state index contributed by atoms with van der Waals surface area (Å²) in [5.41, 5.74) is 6.30. The van der Waals surface area contributed by atoms with E-state index in [0.29, 0.717) is 5.56 Å². The molecule has 2 aromatic rings. The highest BCUT2D eigenvalue weighted by atomic mass is 32.2. The minimum atomic E-state index is -3.75. The summed E-state index contributed by atoms with van der Waals surface area (Å²) in [6.45, 7) is 1.64. The summed E-state index contributed by atoms with van der Waals surface area (Å²) in [6, 6.07) is 5.64. The molecular weight excluding hydrogens is 281 g/mol. The largest absolute Gasteiger partial charge is 0.396 e. The number of aromatic nitrogens is 1. The van der Waals surface area contributed by atoms with Crippen molar-refractivity contribution in [2.45, 2.75) is 18.4 Å². The third kappa shape index (κ3) is 3.12. The first kappa shape index (κ1) is 14.4. The van der Waals surface area contributed by atoms with E-state index >= 15 is 0 Å². The van der Waals surface area contributed by atoms with Gasteiger partial charge < -0.3 is 5.73 Å². The predicted octanol–water partition coefficient (Wildman–Crippen LogP) is 1.59. The summed E-state index contributed by atoms with van der Waals surface area (Å²) in [5.74, 6) is -0.629. The Morgan fingerprint density at radius 1 is 1.30 bits per heavy atom. The minimum Gasteiger partial charge on any atom is -0.396 e. The van der Waals surface area contributed by atoms with E-state index in [9.17, 15) is 12.8 Å². The third-order valence-corrected chi connectivity index (χ3v) is 4.34. The predicted molar refractivity (Wildman–Crippen MR) is 73.8 cm³/mol. The average Bonchev–Trinajstić information content (AvgIpc) is 2.42. The van der Waals surface area contributed by atoms with Crippen LogP contribution in [0.1, 0.15) is 11.1 Å². The first-order chi connectivity index (χ1) is 9.40. The Hall–Kier alpha value is -1.99. The molecule has 106 valence electrons. The number of nitrogens with two attached hydrogens (primary N) is 1. The SMILES string of the molecule is Cc1cc(F)c(N)cc1S(=O)(=O)NCc1ccncc1. The Labute approximate surface area is 116 Å². The fourth-order valence-electron chi connectivity index (χ4n) is 1.71. The number of anilines is 1. The molecule has 20 heavy (non-hydrogen) atoms. The summed E-state index contributed by atoms with van der Waals surface area (Å²) in [7, 11) is -3.75. The molecule has 3 N–H and O–H groups in total. The molecule has 0 atom stereocenters. The molecular formula is C13H14FN3O2S. The van der Waals surface area contributed by atoms with Crippen LogP contribution in [0.25, 0.3) is 0 Å². The van der Waals surface area contributed by atoms with Crippen LogP contribution in [0.15, 0.2) is 41.6 Å². The van der Waals surface area contributed by atoms with Gasteiger partial charge in [0.1, 0.15) is 5.82 Å². The van der Waals surface area contributed by atoms with E-state index in [1.54, 1.807) is 24.5 Å². The third-order valence-electron chi connectivity index (χ3n) is 2.80. The van der Waals surface area contributed by atoms with Crippen LogP contribution in [0.2, 0.25) is 0 Å². The first-order valence-electron chi connectivity index (χ1n) is 5.84. The lowest BCUT2D eigenvalue weighted by Crippen LogP contribution is -2.24. The van der Waals surface area contributed by atoms with Crippen molar-refractivity contribution in [3.63, 3.8) is 0 Å². The zero-order valence-corrected chi connectivity index (χ0v) is 11.6. The number of sulfonamides is 1. The topological polar surface area (TPSA) is 85.1 Å². The van der Waals surface area contributed by atoms with Crippen LogP contribution in [0.5, 0.6) is 0 Å². The molecule has 0 saturated carbocycles. The highest BCUT2D eigenvalue weighted by molar-refractivity contribution is 7.89. The van der Waals surface area contributed by atoms with Gasteiger partial charge in [-0.25, -0.2) is 17.5 Å². The van der Waals surface area contributed by atoms with Crippen LogP contribution in [-0.4, -0.2) is 13.4 Å². The summed E-state index contributed by atoms with van der Waals surface area (Å²) in [4.78, 5) is 3.83. The molecule has 1 aromatic heterocycles. The van der Waals surface area contributed by atoms with E-state index < -0.39 is 15.8 Å². The first-order valence-corrected chi connectivity index (χ1v) is 7.32. The average molecular weight is 295 g/mol. The number of pyridine rings is 1. The Morgan fingerprint density at radius 3 is 2.60 bits per heavy atom. The van der Waals surface area contributed by atoms with E-state index in [2.05, 4.69) is 9.71 Å². The molecule has 1 aromatic carbocycles. The fourth-order valence-corrected chi connectivity index (χ4v) is 2.99. The van der Waals surface area contributed by atoms with Crippen molar-refractivity contribution in [3.8, 4) is 0 Å². The van der Waals surface area contributed by atoms with Gasteiger partial charge >= 0.3 is 0 Å². The van der Waals surface area contributed by atoms with Gasteiger partial charge in [-0.2, -0.15) is 0 Å². The molecule has 0 fully saturated rings. The highest BCUT2D eigenvalue weighted by Gasteiger charge is 2.18. The van der Waals surface area contributed by atoms with Crippen molar-refractivity contribution in [2.24, 2.45) is 0 Å². The smallest absolute Gasteiger partial charge is 0.241 e. The van der Waals surface area contributed by atoms with Crippen molar-refractivity contribution in [1.29, 1.82) is 0 Å². The maximum atomic E-state index is 13.3. The molecule has 1 heterocycles. The summed E-state index contributed by atoms with van der Waals surface area (Å²) in [6.07, 6.45) is 3.15. The second-order valence-electron chi connectivity index (χ2n) is 4.32. The number of hydrogen-bond acceptors (Lipinski definition) is 4. The van der Waals surface area contributed by atoms with E-state index in [1.165, 1.54) is 6.92 Å². The molecule has 0 unspecified atom stereocenters. The number of aryl methyl sites for hydroxylation is 1. The van der Waals surface area contributed by atoms with Crippen LogP contribution in [0.3, 0.4) is 0 Å². The number of nitrogens with zero attached hydrogens (tertiary/aromatic N) is 1. The van der Waals surface area contributed by atoms with Crippen molar-refractivity contribution >= 4 is 15.7 Å². The Morgan fingerprint density at radius 2 is 1.95 bits per heavy atom. The van der Waals surface area contributed by atoms with E-state index in [1.807, 2.05) is 0 Å². The Balaban J connectivity index is 2.25. The van der Waals surface area contributed by atoms with Gasteiger partial charge in [0, 0.05) is 18.9 Å². The molecule has 5 nitrogen and oxygen atoms in total. The molecule has 0 saturated heterocycles. The van der Waals surface area contributed by atoms with Gasteiger partial charge in [0.05, 0.1) is 10.6 Å². The normalized spacial score (nSPS) is 11.5. The van der Waals surface area contributed by atoms with Gasteiger partial charge in [-0.3, -0.25) is 4.98 Å². The van der Waals surface area contributed by atoms with E-state index in [-0.39, 0.29) is 17.1 Å². The lowest BCUT2D eigenvalue weighted by molar-refractivity contribution is 0.579. The van der Waals surface area contributed by atoms with E-state index in [4.69, 9.17) is 5.73 Å². The number of nitrogen functional groups attached to an aromatic ring is 1.